The Kier molecular flexibility index (Phi) is 7.12. The second-order valence-electron chi connectivity index (χ2n) is 6.46. The highest BCUT2D eigenvalue weighted by atomic mass is 35.5. The quantitative estimate of drug-likeness (QED) is 0.470. The lowest BCUT2D eigenvalue weighted by molar-refractivity contribution is -0.116. The lowest BCUT2D eigenvalue weighted by atomic mass is 10.2. The van der Waals surface area contributed by atoms with Crippen molar-refractivity contribution in [1.82, 2.24) is 14.8 Å². The number of hydrogen-bond acceptors (Lipinski definition) is 6. The van der Waals surface area contributed by atoms with Crippen LogP contribution in [0.4, 0.5) is 5.13 Å². The minimum absolute atomic E-state index is 0.0315. The minimum Gasteiger partial charge on any atom is -0.455 e. The maximum Gasteiger partial charge on any atom is 0.343 e. The molecule has 0 unspecified atom stereocenters. The largest absolute Gasteiger partial charge is 0.455 e. The molecule has 0 saturated carbocycles. The van der Waals surface area contributed by atoms with Gasteiger partial charge in [-0.25, -0.2) is 14.5 Å². The summed E-state index contributed by atoms with van der Waals surface area (Å²) in [5.41, 5.74) is 2.06. The predicted molar refractivity (Wildman–Crippen MR) is 117 cm³/mol. The molecule has 0 aliphatic heterocycles. The van der Waals surface area contributed by atoms with Crippen molar-refractivity contribution >= 4 is 51.5 Å². The molecule has 158 valence electrons. The summed E-state index contributed by atoms with van der Waals surface area (Å²) in [6.07, 6.45) is 0. The molecule has 3 rings (SSSR count). The minimum atomic E-state index is -0.587. The van der Waals surface area contributed by atoms with Gasteiger partial charge in [0.15, 0.2) is 5.13 Å². The van der Waals surface area contributed by atoms with Gasteiger partial charge in [0.05, 0.1) is 17.9 Å². The van der Waals surface area contributed by atoms with Crippen molar-refractivity contribution in [2.75, 3.05) is 11.4 Å². The number of ether oxygens (including phenoxy) is 1. The van der Waals surface area contributed by atoms with Gasteiger partial charge in [0.25, 0.3) is 0 Å². The topological polar surface area (TPSA) is 77.3 Å². The molecule has 0 bridgehead atoms. The first-order valence-corrected chi connectivity index (χ1v) is 10.8. The first-order chi connectivity index (χ1) is 14.3. The maximum absolute atomic E-state index is 12.6. The fourth-order valence-electron chi connectivity index (χ4n) is 2.87. The molecule has 2 heterocycles. The fourth-order valence-corrected chi connectivity index (χ4v) is 4.29. The highest BCUT2D eigenvalue weighted by molar-refractivity contribution is 7.14. The van der Waals surface area contributed by atoms with Crippen molar-refractivity contribution in [3.63, 3.8) is 0 Å². The van der Waals surface area contributed by atoms with Crippen molar-refractivity contribution in [1.29, 1.82) is 0 Å². The Morgan fingerprint density at radius 1 is 1.27 bits per heavy atom. The van der Waals surface area contributed by atoms with Gasteiger partial charge >= 0.3 is 5.97 Å². The number of nitrogens with zero attached hydrogens (tertiary/aromatic N) is 4. The van der Waals surface area contributed by atoms with Crippen LogP contribution in [0.5, 0.6) is 0 Å². The summed E-state index contributed by atoms with van der Waals surface area (Å²) < 4.78 is 6.90. The molecule has 0 saturated heterocycles. The number of hydrogen-bond donors (Lipinski definition) is 0. The number of aryl methyl sites for hydroxylation is 1. The summed E-state index contributed by atoms with van der Waals surface area (Å²) in [4.78, 5) is 30.2. The van der Waals surface area contributed by atoms with E-state index in [1.165, 1.54) is 22.9 Å². The van der Waals surface area contributed by atoms with Gasteiger partial charge in [-0.3, -0.25) is 9.69 Å². The molecule has 0 atom stereocenters. The van der Waals surface area contributed by atoms with E-state index in [1.807, 2.05) is 25.1 Å². The van der Waals surface area contributed by atoms with Crippen LogP contribution in [0.15, 0.2) is 29.6 Å². The number of rotatable bonds is 7. The molecular weight excluding hydrogens is 447 g/mol. The first kappa shape index (κ1) is 22.3. The number of carbonyl (C=O) groups is 2. The van der Waals surface area contributed by atoms with Gasteiger partial charge in [-0.05, 0) is 25.5 Å². The molecule has 0 aliphatic carbocycles. The van der Waals surface area contributed by atoms with E-state index < -0.39 is 5.97 Å². The average molecular weight is 467 g/mol. The predicted octanol–water partition coefficient (Wildman–Crippen LogP) is 4.73. The zero-order valence-corrected chi connectivity index (χ0v) is 19.0. The summed E-state index contributed by atoms with van der Waals surface area (Å²) in [6.45, 7) is 5.86. The van der Waals surface area contributed by atoms with E-state index >= 15 is 0 Å². The normalized spacial score (nSPS) is 10.8. The summed E-state index contributed by atoms with van der Waals surface area (Å²) in [7, 11) is 0. The molecule has 1 amide bonds. The van der Waals surface area contributed by atoms with Gasteiger partial charge in [-0.15, -0.1) is 11.3 Å². The first-order valence-electron chi connectivity index (χ1n) is 9.17. The average Bonchev–Trinajstić information content (AvgIpc) is 3.26. The van der Waals surface area contributed by atoms with Crippen LogP contribution in [0.1, 0.15) is 41.2 Å². The molecule has 0 radical (unpaired) electrons. The Morgan fingerprint density at radius 3 is 2.67 bits per heavy atom. The Bertz CT molecular complexity index is 1080. The van der Waals surface area contributed by atoms with Gasteiger partial charge in [-0.2, -0.15) is 5.10 Å². The number of thiazole rings is 1. The van der Waals surface area contributed by atoms with E-state index in [1.54, 1.807) is 23.3 Å². The van der Waals surface area contributed by atoms with Crippen LogP contribution >= 0.6 is 34.5 Å². The number of halogens is 2. The summed E-state index contributed by atoms with van der Waals surface area (Å²) in [5, 5.41) is 7.45. The second-order valence-corrected chi connectivity index (χ2v) is 8.06. The molecule has 2 aromatic heterocycles. The molecule has 7 nitrogen and oxygen atoms in total. The Labute approximate surface area is 188 Å². The lowest BCUT2D eigenvalue weighted by Gasteiger charge is -2.14. The van der Waals surface area contributed by atoms with Crippen molar-refractivity contribution < 1.29 is 14.3 Å². The van der Waals surface area contributed by atoms with E-state index in [4.69, 9.17) is 27.9 Å². The van der Waals surface area contributed by atoms with Crippen molar-refractivity contribution in [2.24, 2.45) is 0 Å². The van der Waals surface area contributed by atoms with Gasteiger partial charge in [-0.1, -0.05) is 41.4 Å². The molecule has 0 aliphatic rings. The number of benzene rings is 1. The van der Waals surface area contributed by atoms with E-state index in [9.17, 15) is 9.59 Å². The number of carbonyl (C=O) groups excluding carboxylic acids is 2. The third-order valence-corrected chi connectivity index (χ3v) is 6.03. The maximum atomic E-state index is 12.6. The van der Waals surface area contributed by atoms with Gasteiger partial charge in [0, 0.05) is 23.9 Å². The summed E-state index contributed by atoms with van der Waals surface area (Å²) in [5.74, 6) is -0.680. The molecule has 0 N–H and O–H groups in total. The Morgan fingerprint density at radius 2 is 2.00 bits per heavy atom. The van der Waals surface area contributed by atoms with Gasteiger partial charge in [0.1, 0.15) is 17.3 Å². The molecule has 0 spiro atoms. The van der Waals surface area contributed by atoms with Crippen LogP contribution in [-0.2, 0) is 22.7 Å². The second kappa shape index (κ2) is 9.59. The zero-order valence-electron chi connectivity index (χ0n) is 16.7. The zero-order chi connectivity index (χ0) is 21.8. The molecule has 0 fully saturated rings. The number of amides is 1. The van der Waals surface area contributed by atoms with Crippen LogP contribution < -0.4 is 4.90 Å². The van der Waals surface area contributed by atoms with Gasteiger partial charge < -0.3 is 4.74 Å². The van der Waals surface area contributed by atoms with Crippen LogP contribution in [0.25, 0.3) is 0 Å². The van der Waals surface area contributed by atoms with E-state index in [0.29, 0.717) is 34.6 Å². The standard InChI is InChI=1S/C20H20Cl2N4O3S/c1-4-25(13(3)27)20-23-15(11-30-20)10-29-19(28)17-12(2)24-26(18(17)22)9-14-7-5-6-8-16(14)21/h5-8,11H,4,9-10H2,1-3H3. The third-order valence-electron chi connectivity index (χ3n) is 4.37. The monoisotopic (exact) mass is 466 g/mol. The van der Waals surface area contributed by atoms with Gasteiger partial charge in [0.2, 0.25) is 5.91 Å². The number of aromatic nitrogens is 3. The number of esters is 1. The number of anilines is 1. The van der Waals surface area contributed by atoms with E-state index in [2.05, 4.69) is 10.1 Å². The molecule has 30 heavy (non-hydrogen) atoms. The third kappa shape index (κ3) is 4.83. The van der Waals surface area contributed by atoms with E-state index in [0.717, 1.165) is 5.56 Å². The van der Waals surface area contributed by atoms with E-state index in [-0.39, 0.29) is 23.2 Å². The highest BCUT2D eigenvalue weighted by Crippen LogP contribution is 2.25. The van der Waals surface area contributed by atoms with Crippen molar-refractivity contribution in [3.05, 3.63) is 62.3 Å². The van der Waals surface area contributed by atoms with Crippen LogP contribution in [0.3, 0.4) is 0 Å². The SMILES string of the molecule is CCN(C(C)=O)c1nc(COC(=O)c2c(C)nn(Cc3ccccc3Cl)c2Cl)cs1. The highest BCUT2D eigenvalue weighted by Gasteiger charge is 2.23. The van der Waals surface area contributed by atoms with Crippen molar-refractivity contribution in [3.8, 4) is 0 Å². The molecule has 1 aromatic carbocycles. The van der Waals surface area contributed by atoms with Crippen LogP contribution in [0.2, 0.25) is 10.2 Å². The van der Waals surface area contributed by atoms with Crippen LogP contribution in [0, 0.1) is 6.92 Å². The Hall–Kier alpha value is -2.42. The van der Waals surface area contributed by atoms with Crippen molar-refractivity contribution in [2.45, 2.75) is 33.9 Å². The smallest absolute Gasteiger partial charge is 0.343 e. The lowest BCUT2D eigenvalue weighted by Crippen LogP contribution is -2.27. The Balaban J connectivity index is 1.71. The van der Waals surface area contributed by atoms with Crippen LogP contribution in [-0.4, -0.2) is 33.2 Å². The molecule has 10 heteroatoms. The summed E-state index contributed by atoms with van der Waals surface area (Å²) in [6, 6.07) is 7.36. The summed E-state index contributed by atoms with van der Waals surface area (Å²) >= 11 is 13.9. The molecule has 3 aromatic rings. The molecular formula is C20H20Cl2N4O3S. The fraction of sp³-hybridized carbons (Fsp3) is 0.300.